The number of hydrogen-bond acceptors (Lipinski definition) is 7. The second kappa shape index (κ2) is 8.74. The number of nitrogens with zero attached hydrogens (tertiary/aromatic N) is 5. The monoisotopic (exact) mass is 468 g/mol. The van der Waals surface area contributed by atoms with Crippen LogP contribution in [0.5, 0.6) is 0 Å². The van der Waals surface area contributed by atoms with Crippen LogP contribution in [-0.2, 0) is 13.6 Å². The van der Waals surface area contributed by atoms with Gasteiger partial charge in [-0.15, -0.1) is 0 Å². The van der Waals surface area contributed by atoms with Crippen LogP contribution in [0.15, 0.2) is 43.5 Å². The molecular weight excluding hydrogens is 440 g/mol. The van der Waals surface area contributed by atoms with Gasteiger partial charge in [0.2, 0.25) is 5.95 Å². The maximum Gasteiger partial charge on any atom is 0.329 e. The number of para-hydroxylation sites is 2. The number of rotatable bonds is 6. The third-order valence-corrected chi connectivity index (χ3v) is 7.08. The Kier molecular flexibility index (Phi) is 5.77. The van der Waals surface area contributed by atoms with E-state index in [1.807, 2.05) is 28.8 Å². The molecule has 0 spiro atoms. The van der Waals surface area contributed by atoms with Crippen LogP contribution >= 0.6 is 11.8 Å². The van der Waals surface area contributed by atoms with Gasteiger partial charge >= 0.3 is 5.69 Å². The zero-order valence-corrected chi connectivity index (χ0v) is 19.9. The minimum absolute atomic E-state index is 0.392. The first kappa shape index (κ1) is 21.8. The smallest absolute Gasteiger partial charge is 0.329 e. The Morgan fingerprint density at radius 3 is 2.67 bits per heavy atom. The van der Waals surface area contributed by atoms with E-state index >= 15 is 0 Å². The molecule has 0 bridgehead atoms. The number of anilines is 1. The number of aromatic nitrogens is 5. The molecule has 1 aromatic carbocycles. The van der Waals surface area contributed by atoms with E-state index in [1.165, 1.54) is 11.0 Å². The highest BCUT2D eigenvalue weighted by molar-refractivity contribution is 7.99. The van der Waals surface area contributed by atoms with Crippen LogP contribution in [0.2, 0.25) is 0 Å². The number of hydrogen-bond donors (Lipinski definition) is 1. The standard InChI is InChI=1S/C23H28N6O3S/c1-14-11-15(2)13-28(12-14)21-25-19-18(20(30)26-22(31)27(19)3)29(21)9-6-10-33-23-24-16-7-4-5-8-17(16)32-23/h4-5,7-8,14-15H,6,9-13H2,1-3H3,(H,26,30,31)/t14-,15-/m0/s1. The SMILES string of the molecule is C[C@H]1C[C@H](C)CN(c2nc3c(c(=O)[nH]c(=O)n3C)n2CCCSc2nc3ccccc3o2)C1. The summed E-state index contributed by atoms with van der Waals surface area (Å²) in [4.78, 5) is 38.9. The quantitative estimate of drug-likeness (QED) is 0.342. The predicted octanol–water partition coefficient (Wildman–Crippen LogP) is 3.23. The fourth-order valence-electron chi connectivity index (χ4n) is 4.80. The zero-order chi connectivity index (χ0) is 23.1. The van der Waals surface area contributed by atoms with E-state index in [-0.39, 0.29) is 0 Å². The maximum absolute atomic E-state index is 12.8. The van der Waals surface area contributed by atoms with Crippen molar-refractivity contribution in [2.24, 2.45) is 18.9 Å². The molecule has 1 aliphatic rings. The van der Waals surface area contributed by atoms with Crippen molar-refractivity contribution in [2.45, 2.75) is 38.5 Å². The summed E-state index contributed by atoms with van der Waals surface area (Å²) in [6.07, 6.45) is 1.97. The number of nitrogens with one attached hydrogen (secondary N) is 1. The van der Waals surface area contributed by atoms with Crippen LogP contribution < -0.4 is 16.1 Å². The number of aryl methyl sites for hydroxylation is 2. The molecule has 3 aromatic heterocycles. The van der Waals surface area contributed by atoms with Crippen molar-refractivity contribution < 1.29 is 4.42 Å². The fourth-order valence-corrected chi connectivity index (χ4v) is 5.56. The highest BCUT2D eigenvalue weighted by Gasteiger charge is 2.27. The molecule has 0 aliphatic carbocycles. The van der Waals surface area contributed by atoms with Gasteiger partial charge in [0.25, 0.3) is 10.8 Å². The highest BCUT2D eigenvalue weighted by atomic mass is 32.2. The molecule has 9 nitrogen and oxygen atoms in total. The van der Waals surface area contributed by atoms with Gasteiger partial charge in [0.1, 0.15) is 5.52 Å². The molecule has 0 amide bonds. The Morgan fingerprint density at radius 2 is 1.91 bits per heavy atom. The molecule has 2 atom stereocenters. The summed E-state index contributed by atoms with van der Waals surface area (Å²) in [5.74, 6) is 2.63. The average molecular weight is 469 g/mol. The number of oxazole rings is 1. The number of thioether (sulfide) groups is 1. The maximum atomic E-state index is 12.8. The van der Waals surface area contributed by atoms with E-state index in [9.17, 15) is 9.59 Å². The molecule has 1 N–H and O–H groups in total. The molecule has 1 fully saturated rings. The number of benzene rings is 1. The molecule has 4 heterocycles. The normalized spacial score (nSPS) is 19.1. The van der Waals surface area contributed by atoms with Gasteiger partial charge in [-0.3, -0.25) is 14.3 Å². The van der Waals surface area contributed by atoms with Crippen molar-refractivity contribution in [1.29, 1.82) is 0 Å². The molecule has 1 aliphatic heterocycles. The lowest BCUT2D eigenvalue weighted by Gasteiger charge is -2.35. The van der Waals surface area contributed by atoms with E-state index in [4.69, 9.17) is 9.40 Å². The zero-order valence-electron chi connectivity index (χ0n) is 19.1. The summed E-state index contributed by atoms with van der Waals surface area (Å²) in [7, 11) is 1.65. The van der Waals surface area contributed by atoms with E-state index in [2.05, 4.69) is 28.7 Å². The van der Waals surface area contributed by atoms with Crippen LogP contribution in [-0.4, -0.2) is 42.9 Å². The van der Waals surface area contributed by atoms with Gasteiger partial charge in [-0.1, -0.05) is 37.7 Å². The summed E-state index contributed by atoms with van der Waals surface area (Å²) in [5.41, 5.74) is 1.67. The summed E-state index contributed by atoms with van der Waals surface area (Å²) < 4.78 is 9.19. The number of aromatic amines is 1. The average Bonchev–Trinajstić information content (AvgIpc) is 3.36. The molecule has 0 radical (unpaired) electrons. The van der Waals surface area contributed by atoms with Crippen LogP contribution in [0.25, 0.3) is 22.3 Å². The number of fused-ring (bicyclic) bond motifs is 2. The first-order chi connectivity index (χ1) is 15.9. The highest BCUT2D eigenvalue weighted by Crippen LogP contribution is 2.29. The lowest BCUT2D eigenvalue weighted by Crippen LogP contribution is -2.40. The van der Waals surface area contributed by atoms with Crippen molar-refractivity contribution in [3.63, 3.8) is 0 Å². The third-order valence-electron chi connectivity index (χ3n) is 6.16. The lowest BCUT2D eigenvalue weighted by molar-refractivity contribution is 0.351. The Bertz CT molecular complexity index is 1370. The second-order valence-corrected chi connectivity index (χ2v) is 10.1. The van der Waals surface area contributed by atoms with Crippen LogP contribution in [0.4, 0.5) is 5.95 Å². The van der Waals surface area contributed by atoms with Gasteiger partial charge in [-0.05, 0) is 36.8 Å². The summed E-state index contributed by atoms with van der Waals surface area (Å²) in [6.45, 7) is 6.87. The molecule has 33 heavy (non-hydrogen) atoms. The van der Waals surface area contributed by atoms with Crippen molar-refractivity contribution >= 4 is 40.0 Å². The number of piperidine rings is 1. The van der Waals surface area contributed by atoms with E-state index in [1.54, 1.807) is 18.8 Å². The number of imidazole rings is 1. The number of H-pyrrole nitrogens is 1. The molecule has 174 valence electrons. The Balaban J connectivity index is 1.42. The Morgan fingerprint density at radius 1 is 1.15 bits per heavy atom. The predicted molar refractivity (Wildman–Crippen MR) is 130 cm³/mol. The third kappa shape index (κ3) is 4.19. The van der Waals surface area contributed by atoms with Gasteiger partial charge in [-0.2, -0.15) is 4.98 Å². The first-order valence-electron chi connectivity index (χ1n) is 11.3. The summed E-state index contributed by atoms with van der Waals surface area (Å²) >= 11 is 1.56. The van der Waals surface area contributed by atoms with Crippen LogP contribution in [0.1, 0.15) is 26.7 Å². The first-order valence-corrected chi connectivity index (χ1v) is 12.3. The van der Waals surface area contributed by atoms with Crippen molar-refractivity contribution in [2.75, 3.05) is 23.7 Å². The van der Waals surface area contributed by atoms with Gasteiger partial charge in [0, 0.05) is 32.4 Å². The van der Waals surface area contributed by atoms with Crippen molar-refractivity contribution in [3.8, 4) is 0 Å². The molecule has 0 unspecified atom stereocenters. The van der Waals surface area contributed by atoms with Gasteiger partial charge in [-0.25, -0.2) is 9.78 Å². The molecule has 0 saturated carbocycles. The van der Waals surface area contributed by atoms with Crippen molar-refractivity contribution in [1.82, 2.24) is 24.1 Å². The molecule has 4 aromatic rings. The minimum Gasteiger partial charge on any atom is -0.431 e. The fraction of sp³-hybridized carbons (Fsp3) is 0.478. The molecular formula is C23H28N6O3S. The van der Waals surface area contributed by atoms with Gasteiger partial charge in [0.05, 0.1) is 0 Å². The molecule has 5 rings (SSSR count). The van der Waals surface area contributed by atoms with Crippen LogP contribution in [0, 0.1) is 11.8 Å². The van der Waals surface area contributed by atoms with E-state index in [0.29, 0.717) is 34.8 Å². The largest absolute Gasteiger partial charge is 0.431 e. The molecule has 1 saturated heterocycles. The second-order valence-electron chi connectivity index (χ2n) is 9.05. The summed E-state index contributed by atoms with van der Waals surface area (Å²) in [5, 5.41) is 0.644. The van der Waals surface area contributed by atoms with Crippen molar-refractivity contribution in [3.05, 3.63) is 45.1 Å². The van der Waals surface area contributed by atoms with Gasteiger partial charge < -0.3 is 13.9 Å². The van der Waals surface area contributed by atoms with Crippen LogP contribution in [0.3, 0.4) is 0 Å². The minimum atomic E-state index is -0.449. The summed E-state index contributed by atoms with van der Waals surface area (Å²) in [6, 6.07) is 7.72. The van der Waals surface area contributed by atoms with E-state index in [0.717, 1.165) is 42.3 Å². The van der Waals surface area contributed by atoms with Gasteiger partial charge in [0.15, 0.2) is 16.7 Å². The Labute approximate surface area is 194 Å². The lowest BCUT2D eigenvalue weighted by atomic mass is 9.92. The molecule has 10 heteroatoms. The van der Waals surface area contributed by atoms with E-state index < -0.39 is 11.2 Å². The Hall–Kier alpha value is -3.01. The topological polar surface area (TPSA) is 102 Å².